The van der Waals surface area contributed by atoms with E-state index in [4.69, 9.17) is 4.74 Å². The number of hydrogen-bond acceptors (Lipinski definition) is 9. The first-order valence-electron chi connectivity index (χ1n) is 18.2. The molecule has 1 aliphatic carbocycles. The molecule has 1 saturated heterocycles. The summed E-state index contributed by atoms with van der Waals surface area (Å²) in [5.41, 5.74) is -0.0615. The summed E-state index contributed by atoms with van der Waals surface area (Å²) in [6.07, 6.45) is 14.8. The predicted molar refractivity (Wildman–Crippen MR) is 191 cm³/mol. The highest BCUT2D eigenvalue weighted by atomic mass is 32.1. The van der Waals surface area contributed by atoms with E-state index in [1.54, 1.807) is 12.1 Å². The number of aromatic hydroxyl groups is 1. The van der Waals surface area contributed by atoms with Gasteiger partial charge in [0.05, 0.1) is 18.2 Å². The van der Waals surface area contributed by atoms with Gasteiger partial charge in [0.25, 0.3) is 0 Å². The molecule has 2 atom stereocenters. The summed E-state index contributed by atoms with van der Waals surface area (Å²) < 4.78 is 5.84. The molecule has 1 saturated carbocycles. The van der Waals surface area contributed by atoms with Gasteiger partial charge in [-0.05, 0) is 105 Å². The van der Waals surface area contributed by atoms with Crippen LogP contribution in [0.3, 0.4) is 0 Å². The van der Waals surface area contributed by atoms with Crippen molar-refractivity contribution in [1.29, 1.82) is 0 Å². The number of carbonyl (C=O) groups is 1. The zero-order valence-electron chi connectivity index (χ0n) is 28.3. The van der Waals surface area contributed by atoms with Crippen LogP contribution in [0, 0.1) is 11.8 Å². The predicted octanol–water partition coefficient (Wildman–Crippen LogP) is 6.37. The van der Waals surface area contributed by atoms with Crippen molar-refractivity contribution in [2.75, 3.05) is 39.3 Å². The molecule has 3 aromatic rings. The molecule has 2 aromatic heterocycles. The van der Waals surface area contributed by atoms with Gasteiger partial charge in [0.2, 0.25) is 5.56 Å². The quantitative estimate of drug-likeness (QED) is 0.0772. The summed E-state index contributed by atoms with van der Waals surface area (Å²) in [7, 11) is 0. The number of thiophene rings is 1. The minimum Gasteiger partial charge on any atom is -0.506 e. The first-order chi connectivity index (χ1) is 23.4. The molecule has 10 heteroatoms. The van der Waals surface area contributed by atoms with Gasteiger partial charge in [0.15, 0.2) is 5.60 Å². The van der Waals surface area contributed by atoms with Gasteiger partial charge in [-0.2, -0.15) is 11.3 Å². The minimum absolute atomic E-state index is 0.00168. The number of aromatic nitrogens is 1. The number of hydrogen-bond donors (Lipinski definition) is 5. The van der Waals surface area contributed by atoms with Crippen molar-refractivity contribution in [2.24, 2.45) is 11.8 Å². The van der Waals surface area contributed by atoms with Crippen LogP contribution in [-0.4, -0.2) is 70.5 Å². The number of ether oxygens (including phenoxy) is 1. The van der Waals surface area contributed by atoms with Gasteiger partial charge in [-0.15, -0.1) is 0 Å². The lowest BCUT2D eigenvalue weighted by Crippen LogP contribution is -2.45. The fraction of sp³-hybridized carbons (Fsp3) is 0.632. The van der Waals surface area contributed by atoms with Gasteiger partial charge in [0, 0.05) is 29.5 Å². The topological polar surface area (TPSA) is 135 Å². The summed E-state index contributed by atoms with van der Waals surface area (Å²) in [4.78, 5) is 30.1. The van der Waals surface area contributed by atoms with Crippen LogP contribution in [-0.2, 0) is 15.1 Å². The lowest BCUT2D eigenvalue weighted by molar-refractivity contribution is -0.177. The molecule has 264 valence electrons. The van der Waals surface area contributed by atoms with E-state index in [0.29, 0.717) is 41.1 Å². The number of fused-ring (bicyclic) bond motifs is 1. The van der Waals surface area contributed by atoms with E-state index in [-0.39, 0.29) is 17.2 Å². The van der Waals surface area contributed by atoms with Gasteiger partial charge in [0.1, 0.15) is 5.75 Å². The number of rotatable bonds is 18. The number of phenols is 1. The zero-order chi connectivity index (χ0) is 33.8. The Kier molecular flexibility index (Phi) is 13.9. The zero-order valence-corrected chi connectivity index (χ0v) is 29.2. The molecule has 5 rings (SSSR count). The van der Waals surface area contributed by atoms with E-state index >= 15 is 0 Å². The summed E-state index contributed by atoms with van der Waals surface area (Å²) in [5.74, 6) is -0.155. The highest BCUT2D eigenvalue weighted by Crippen LogP contribution is 2.41. The third-order valence-corrected chi connectivity index (χ3v) is 11.2. The smallest absolute Gasteiger partial charge is 0.343 e. The van der Waals surface area contributed by atoms with Gasteiger partial charge in [-0.25, -0.2) is 4.79 Å². The number of unbranched alkanes of at least 4 members (excludes halogenated alkanes) is 6. The Morgan fingerprint density at radius 1 is 0.979 bits per heavy atom. The highest BCUT2D eigenvalue weighted by molar-refractivity contribution is 7.08. The monoisotopic (exact) mass is 681 g/mol. The van der Waals surface area contributed by atoms with E-state index in [1.165, 1.54) is 62.0 Å². The molecule has 9 nitrogen and oxygen atoms in total. The molecule has 5 N–H and O–H groups in total. The van der Waals surface area contributed by atoms with Crippen molar-refractivity contribution in [3.8, 4) is 5.75 Å². The van der Waals surface area contributed by atoms with E-state index in [0.717, 1.165) is 77.5 Å². The summed E-state index contributed by atoms with van der Waals surface area (Å²) >= 11 is 1.52. The lowest BCUT2D eigenvalue weighted by Gasteiger charge is -2.37. The molecular weight excluding hydrogens is 627 g/mol. The highest BCUT2D eigenvalue weighted by Gasteiger charge is 2.47. The molecule has 0 radical (unpaired) electrons. The van der Waals surface area contributed by atoms with Crippen LogP contribution in [0.4, 0.5) is 0 Å². The number of piperidine rings is 1. The van der Waals surface area contributed by atoms with Crippen molar-refractivity contribution in [3.63, 3.8) is 0 Å². The number of carbonyl (C=O) groups excluding carboxylic acids is 1. The molecule has 0 spiro atoms. The average Bonchev–Trinajstić information content (AvgIpc) is 3.66. The second-order valence-corrected chi connectivity index (χ2v) is 14.8. The van der Waals surface area contributed by atoms with Crippen LogP contribution in [0.1, 0.15) is 107 Å². The van der Waals surface area contributed by atoms with Gasteiger partial charge in [-0.3, -0.25) is 4.79 Å². The van der Waals surface area contributed by atoms with Crippen molar-refractivity contribution >= 4 is 28.2 Å². The molecule has 2 aliphatic rings. The minimum atomic E-state index is -1.52. The first kappa shape index (κ1) is 36.5. The Hall–Kier alpha value is -2.76. The third-order valence-electron chi connectivity index (χ3n) is 10.6. The molecule has 48 heavy (non-hydrogen) atoms. The molecule has 2 fully saturated rings. The molecule has 3 heterocycles. The van der Waals surface area contributed by atoms with Crippen molar-refractivity contribution < 1.29 is 24.9 Å². The first-order valence-corrected chi connectivity index (χ1v) is 19.2. The van der Waals surface area contributed by atoms with Crippen molar-refractivity contribution in [3.05, 3.63) is 62.6 Å². The number of aliphatic hydroxyl groups is 2. The van der Waals surface area contributed by atoms with Crippen molar-refractivity contribution in [1.82, 2.24) is 15.2 Å². The molecular formula is C38H55N3O6S. The second-order valence-electron chi connectivity index (χ2n) is 14.0. The summed E-state index contributed by atoms with van der Waals surface area (Å²) in [6.45, 7) is 4.88. The maximum Gasteiger partial charge on any atom is 0.343 e. The number of likely N-dealkylation sites (tertiary alicyclic amines) is 1. The van der Waals surface area contributed by atoms with Gasteiger partial charge in [-0.1, -0.05) is 57.4 Å². The molecule has 0 amide bonds. The number of pyridine rings is 1. The number of aliphatic hydroxyl groups excluding tert-OH is 1. The van der Waals surface area contributed by atoms with E-state index < -0.39 is 17.7 Å². The van der Waals surface area contributed by atoms with Crippen molar-refractivity contribution in [2.45, 2.75) is 102 Å². The molecule has 0 bridgehead atoms. The van der Waals surface area contributed by atoms with E-state index in [9.17, 15) is 24.9 Å². The molecule has 1 aromatic carbocycles. The average molecular weight is 682 g/mol. The normalized spacial score (nSPS) is 18.5. The fourth-order valence-electron chi connectivity index (χ4n) is 7.57. The number of benzene rings is 1. The number of phenolic OH excluding ortho intramolecular Hbond substituents is 1. The lowest BCUT2D eigenvalue weighted by atomic mass is 9.74. The summed E-state index contributed by atoms with van der Waals surface area (Å²) in [6, 6.07) is 8.14. The Morgan fingerprint density at radius 3 is 2.44 bits per heavy atom. The van der Waals surface area contributed by atoms with Crippen LogP contribution in [0.25, 0.3) is 10.9 Å². The fourth-order valence-corrected chi connectivity index (χ4v) is 8.28. The number of aromatic amines is 1. The maximum atomic E-state index is 13.3. The SMILES string of the molecule is O=C(OCC1CCN(CCCCCCCCCNC[C@@H](O)c2ccc(O)c3[nH]c(=O)ccc23)CC1)C(O)(c1ccsc1)C1CCCCC1. The van der Waals surface area contributed by atoms with Crippen LogP contribution < -0.4 is 10.9 Å². The number of esters is 1. The van der Waals surface area contributed by atoms with E-state index in [2.05, 4.69) is 15.2 Å². The largest absolute Gasteiger partial charge is 0.506 e. The molecule has 1 unspecified atom stereocenters. The van der Waals surface area contributed by atoms with Crippen LogP contribution in [0.5, 0.6) is 5.75 Å². The number of nitrogens with zero attached hydrogens (tertiary/aromatic N) is 1. The second kappa shape index (κ2) is 18.3. The standard InChI is InChI=1S/C38H55N3O6S/c42-33-15-13-31(32-14-16-35(44)40-36(32)33)34(43)25-39-20-9-4-2-1-3-5-10-21-41-22-17-28(18-23-41)26-47-37(45)38(46,30-19-24-48-27-30)29-11-7-6-8-12-29/h13-16,19,24,27-29,34,39,42-43,46H,1-12,17-18,20-23,25-26H2,(H,40,44)/t34-,38?/m1/s1. The van der Waals surface area contributed by atoms with Crippen LogP contribution in [0.2, 0.25) is 0 Å². The maximum absolute atomic E-state index is 13.3. The van der Waals surface area contributed by atoms with Gasteiger partial charge >= 0.3 is 5.97 Å². The van der Waals surface area contributed by atoms with E-state index in [1.807, 2.05) is 16.8 Å². The van der Waals surface area contributed by atoms with Crippen LogP contribution in [0.15, 0.2) is 45.9 Å². The Balaban J connectivity index is 0.879. The Labute approximate surface area is 288 Å². The van der Waals surface area contributed by atoms with Crippen LogP contribution >= 0.6 is 11.3 Å². The molecule has 1 aliphatic heterocycles. The number of H-pyrrole nitrogens is 1. The number of nitrogens with one attached hydrogen (secondary N) is 2. The summed E-state index contributed by atoms with van der Waals surface area (Å²) in [5, 5.41) is 40.2. The Morgan fingerprint density at radius 2 is 1.71 bits per heavy atom. The Bertz CT molecular complexity index is 1460. The van der Waals surface area contributed by atoms with Gasteiger partial charge < -0.3 is 35.3 Å². The third kappa shape index (κ3) is 9.69.